The van der Waals surface area contributed by atoms with Crippen molar-refractivity contribution in [2.24, 2.45) is 5.41 Å². The van der Waals surface area contributed by atoms with Crippen LogP contribution >= 0.6 is 0 Å². The normalized spacial score (nSPS) is 16.6. The zero-order valence-electron chi connectivity index (χ0n) is 15.1. The Labute approximate surface area is 147 Å². The summed E-state index contributed by atoms with van der Waals surface area (Å²) in [6, 6.07) is 3.63. The molecule has 1 aliphatic heterocycles. The van der Waals surface area contributed by atoms with Gasteiger partial charge in [0.25, 0.3) is 0 Å². The van der Waals surface area contributed by atoms with Gasteiger partial charge in [-0.3, -0.25) is 0 Å². The molecule has 0 unspecified atom stereocenters. The summed E-state index contributed by atoms with van der Waals surface area (Å²) in [7, 11) is 3.17. The third-order valence-electron chi connectivity index (χ3n) is 5.33. The smallest absolute Gasteiger partial charge is 0.340 e. The molecule has 0 radical (unpaired) electrons. The number of nitrogens with one attached hydrogen (secondary N) is 2. The molecular weight excluding hydrogens is 320 g/mol. The fraction of sp³-hybridized carbons (Fsp3) is 0.526. The molecular formula is C19H26N2O4. The van der Waals surface area contributed by atoms with Crippen molar-refractivity contribution in [3.05, 3.63) is 23.9 Å². The molecule has 0 aliphatic carbocycles. The van der Waals surface area contributed by atoms with Crippen LogP contribution in [0.2, 0.25) is 0 Å². The molecule has 1 aromatic heterocycles. The molecule has 0 amide bonds. The number of hydrogen-bond donors (Lipinski definition) is 2. The number of ether oxygens (including phenoxy) is 3. The lowest BCUT2D eigenvalue weighted by atomic mass is 9.77. The van der Waals surface area contributed by atoms with Gasteiger partial charge in [0.1, 0.15) is 0 Å². The lowest BCUT2D eigenvalue weighted by Crippen LogP contribution is -2.39. The van der Waals surface area contributed by atoms with Crippen molar-refractivity contribution in [2.75, 3.05) is 33.9 Å². The SMILES string of the molecule is CCC1(COC(=O)c2c[nH]c3cc(OC)c(OC)cc23)CCNCC1. The first-order chi connectivity index (χ1) is 12.1. The third-order valence-corrected chi connectivity index (χ3v) is 5.33. The number of carbonyl (C=O) groups is 1. The molecule has 1 saturated heterocycles. The highest BCUT2D eigenvalue weighted by Gasteiger charge is 2.32. The van der Waals surface area contributed by atoms with E-state index >= 15 is 0 Å². The fourth-order valence-electron chi connectivity index (χ4n) is 3.47. The first-order valence-corrected chi connectivity index (χ1v) is 8.73. The average Bonchev–Trinajstić information content (AvgIpc) is 3.08. The van der Waals surface area contributed by atoms with Gasteiger partial charge in [-0.25, -0.2) is 4.79 Å². The molecule has 136 valence electrons. The topological polar surface area (TPSA) is 72.6 Å². The number of fused-ring (bicyclic) bond motifs is 1. The first kappa shape index (κ1) is 17.6. The van der Waals surface area contributed by atoms with Gasteiger partial charge in [-0.1, -0.05) is 6.92 Å². The molecule has 1 aliphatic rings. The van der Waals surface area contributed by atoms with Crippen LogP contribution in [0.4, 0.5) is 0 Å². The number of piperidine rings is 1. The van der Waals surface area contributed by atoms with E-state index in [0.717, 1.165) is 43.3 Å². The van der Waals surface area contributed by atoms with E-state index in [9.17, 15) is 4.79 Å². The summed E-state index contributed by atoms with van der Waals surface area (Å²) in [4.78, 5) is 15.8. The van der Waals surface area contributed by atoms with Crippen LogP contribution in [-0.2, 0) is 4.74 Å². The summed E-state index contributed by atoms with van der Waals surface area (Å²) in [6.45, 7) is 4.59. The van der Waals surface area contributed by atoms with E-state index in [4.69, 9.17) is 14.2 Å². The molecule has 0 bridgehead atoms. The van der Waals surface area contributed by atoms with Crippen molar-refractivity contribution in [3.8, 4) is 11.5 Å². The van der Waals surface area contributed by atoms with Gasteiger partial charge in [0, 0.05) is 23.1 Å². The van der Waals surface area contributed by atoms with E-state index in [1.54, 1.807) is 26.5 Å². The fourth-order valence-corrected chi connectivity index (χ4v) is 3.47. The van der Waals surface area contributed by atoms with Crippen LogP contribution in [0.25, 0.3) is 10.9 Å². The van der Waals surface area contributed by atoms with Crippen LogP contribution in [-0.4, -0.2) is 44.9 Å². The maximum absolute atomic E-state index is 12.6. The zero-order valence-corrected chi connectivity index (χ0v) is 15.1. The van der Waals surface area contributed by atoms with E-state index in [1.165, 1.54) is 0 Å². The Bertz CT molecular complexity index is 747. The third kappa shape index (κ3) is 3.44. The number of methoxy groups -OCH3 is 2. The van der Waals surface area contributed by atoms with E-state index in [-0.39, 0.29) is 11.4 Å². The summed E-state index contributed by atoms with van der Waals surface area (Å²) < 4.78 is 16.3. The molecule has 2 aromatic rings. The van der Waals surface area contributed by atoms with Gasteiger partial charge < -0.3 is 24.5 Å². The molecule has 0 spiro atoms. The van der Waals surface area contributed by atoms with Crippen LogP contribution in [0.5, 0.6) is 11.5 Å². The Hall–Kier alpha value is -2.21. The molecule has 2 heterocycles. The standard InChI is InChI=1S/C19H26N2O4/c1-4-19(5-7-20-8-6-19)12-25-18(22)14-11-21-15-10-17(24-3)16(23-2)9-13(14)15/h9-11,20-21H,4-8,12H2,1-3H3. The largest absolute Gasteiger partial charge is 0.493 e. The quantitative estimate of drug-likeness (QED) is 0.786. The highest BCUT2D eigenvalue weighted by atomic mass is 16.5. The molecule has 2 N–H and O–H groups in total. The highest BCUT2D eigenvalue weighted by Crippen LogP contribution is 2.35. The first-order valence-electron chi connectivity index (χ1n) is 8.73. The average molecular weight is 346 g/mol. The molecule has 6 heteroatoms. The number of esters is 1. The van der Waals surface area contributed by atoms with E-state index in [2.05, 4.69) is 17.2 Å². The number of aromatic amines is 1. The summed E-state index contributed by atoms with van der Waals surface area (Å²) >= 11 is 0. The van der Waals surface area contributed by atoms with Crippen molar-refractivity contribution >= 4 is 16.9 Å². The molecule has 0 atom stereocenters. The van der Waals surface area contributed by atoms with Crippen LogP contribution in [0.15, 0.2) is 18.3 Å². The van der Waals surface area contributed by atoms with Crippen molar-refractivity contribution in [1.82, 2.24) is 10.3 Å². The number of H-pyrrole nitrogens is 1. The highest BCUT2D eigenvalue weighted by molar-refractivity contribution is 6.05. The minimum Gasteiger partial charge on any atom is -0.493 e. The Balaban J connectivity index is 1.80. The van der Waals surface area contributed by atoms with Gasteiger partial charge in [-0.15, -0.1) is 0 Å². The van der Waals surface area contributed by atoms with E-state index < -0.39 is 0 Å². The Morgan fingerprint density at radius 2 is 1.84 bits per heavy atom. The summed E-state index contributed by atoms with van der Waals surface area (Å²) in [6.07, 6.45) is 4.78. The zero-order chi connectivity index (χ0) is 17.9. The minimum absolute atomic E-state index is 0.0912. The van der Waals surface area contributed by atoms with Crippen molar-refractivity contribution < 1.29 is 19.0 Å². The van der Waals surface area contributed by atoms with Crippen molar-refractivity contribution in [1.29, 1.82) is 0 Å². The maximum Gasteiger partial charge on any atom is 0.340 e. The van der Waals surface area contributed by atoms with Crippen LogP contribution in [0, 0.1) is 5.41 Å². The molecule has 1 aromatic carbocycles. The van der Waals surface area contributed by atoms with Crippen LogP contribution in [0.1, 0.15) is 36.5 Å². The monoisotopic (exact) mass is 346 g/mol. The molecule has 6 nitrogen and oxygen atoms in total. The maximum atomic E-state index is 12.6. The second-order valence-electron chi connectivity index (χ2n) is 6.63. The van der Waals surface area contributed by atoms with Gasteiger partial charge in [0.15, 0.2) is 11.5 Å². The molecule has 3 rings (SSSR count). The number of hydrogen-bond acceptors (Lipinski definition) is 5. The Morgan fingerprint density at radius 3 is 2.48 bits per heavy atom. The number of carbonyl (C=O) groups excluding carboxylic acids is 1. The predicted octanol–water partition coefficient (Wildman–Crippen LogP) is 3.12. The van der Waals surface area contributed by atoms with Gasteiger partial charge >= 0.3 is 5.97 Å². The second-order valence-corrected chi connectivity index (χ2v) is 6.63. The van der Waals surface area contributed by atoms with Crippen LogP contribution < -0.4 is 14.8 Å². The molecule has 1 fully saturated rings. The lowest BCUT2D eigenvalue weighted by molar-refractivity contribution is 0.0185. The van der Waals surface area contributed by atoms with E-state index in [0.29, 0.717) is 23.7 Å². The van der Waals surface area contributed by atoms with Crippen molar-refractivity contribution in [3.63, 3.8) is 0 Å². The molecule has 25 heavy (non-hydrogen) atoms. The van der Waals surface area contributed by atoms with Crippen molar-refractivity contribution in [2.45, 2.75) is 26.2 Å². The Morgan fingerprint density at radius 1 is 1.16 bits per heavy atom. The van der Waals surface area contributed by atoms with Gasteiger partial charge in [-0.05, 0) is 38.4 Å². The minimum atomic E-state index is -0.301. The molecule has 0 saturated carbocycles. The summed E-state index contributed by atoms with van der Waals surface area (Å²) in [5.41, 5.74) is 1.43. The lowest BCUT2D eigenvalue weighted by Gasteiger charge is -2.36. The van der Waals surface area contributed by atoms with Gasteiger partial charge in [0.2, 0.25) is 0 Å². The number of rotatable bonds is 6. The van der Waals surface area contributed by atoms with Crippen LogP contribution in [0.3, 0.4) is 0 Å². The summed E-state index contributed by atoms with van der Waals surface area (Å²) in [5, 5.41) is 4.14. The number of aromatic nitrogens is 1. The Kier molecular flexibility index (Phi) is 5.18. The number of benzene rings is 1. The second kappa shape index (κ2) is 7.35. The van der Waals surface area contributed by atoms with Gasteiger partial charge in [-0.2, -0.15) is 0 Å². The van der Waals surface area contributed by atoms with Gasteiger partial charge in [0.05, 0.1) is 31.9 Å². The summed E-state index contributed by atoms with van der Waals surface area (Å²) in [5.74, 6) is 0.910. The predicted molar refractivity (Wildman–Crippen MR) is 96.5 cm³/mol. The van der Waals surface area contributed by atoms with E-state index in [1.807, 2.05) is 6.07 Å².